The number of pyridine rings is 1. The van der Waals surface area contributed by atoms with Crippen molar-refractivity contribution in [3.05, 3.63) is 41.0 Å². The summed E-state index contributed by atoms with van der Waals surface area (Å²) >= 11 is 1.92. The molecule has 0 aliphatic carbocycles. The maximum absolute atomic E-state index is 11.8. The summed E-state index contributed by atoms with van der Waals surface area (Å²) in [6.07, 6.45) is 0.906. The lowest BCUT2D eigenvalue weighted by Gasteiger charge is -2.38. The molecule has 5 rings (SSSR count). The minimum atomic E-state index is 0.135. The number of rotatable bonds is 1. The zero-order valence-electron chi connectivity index (χ0n) is 15.8. The Morgan fingerprint density at radius 3 is 2.71 bits per heavy atom. The summed E-state index contributed by atoms with van der Waals surface area (Å²) in [5, 5.41) is 9.95. The third-order valence-electron chi connectivity index (χ3n) is 5.81. The van der Waals surface area contributed by atoms with E-state index in [9.17, 15) is 10.1 Å². The number of carbonyl (C=O) groups excluding carboxylic acids is 1. The summed E-state index contributed by atoms with van der Waals surface area (Å²) in [5.74, 6) is 3.24. The first kappa shape index (κ1) is 17.4. The van der Waals surface area contributed by atoms with E-state index in [1.54, 1.807) is 6.92 Å². The molecule has 1 aromatic carbocycles. The molecule has 1 amide bonds. The van der Waals surface area contributed by atoms with Crippen LogP contribution < -0.4 is 4.90 Å². The molecule has 2 aliphatic heterocycles. The van der Waals surface area contributed by atoms with Crippen molar-refractivity contribution < 1.29 is 4.79 Å². The number of piperazine rings is 1. The average molecular weight is 392 g/mol. The highest BCUT2D eigenvalue weighted by Crippen LogP contribution is 2.38. The monoisotopic (exact) mass is 391 g/mol. The summed E-state index contributed by atoms with van der Waals surface area (Å²) < 4.78 is 2.18. The number of nitriles is 1. The molecule has 1 fully saturated rings. The maximum Gasteiger partial charge on any atom is 0.219 e. The third kappa shape index (κ3) is 2.55. The number of fused-ring (bicyclic) bond motifs is 4. The predicted molar refractivity (Wildman–Crippen MR) is 112 cm³/mol. The van der Waals surface area contributed by atoms with Gasteiger partial charge in [0.25, 0.3) is 0 Å². The molecule has 6 nitrogen and oxygen atoms in total. The average Bonchev–Trinajstić information content (AvgIpc) is 3.11. The standard InChI is InChI=1S/C21H21N5OS/c1-14(27)24-7-9-25(10-8-24)21-17-13-28-11-6-15(17)16(12-22)20-23-18-4-2-3-5-19(18)26(20)21/h2-5H,6-11,13H2,1H3. The van der Waals surface area contributed by atoms with Crippen LogP contribution in [0.25, 0.3) is 16.7 Å². The second-order valence-electron chi connectivity index (χ2n) is 7.32. The molecule has 3 aromatic rings. The van der Waals surface area contributed by atoms with Crippen LogP contribution in [0.4, 0.5) is 5.82 Å². The van der Waals surface area contributed by atoms with E-state index in [-0.39, 0.29) is 5.91 Å². The largest absolute Gasteiger partial charge is 0.354 e. The van der Waals surface area contributed by atoms with Crippen LogP contribution in [0.5, 0.6) is 0 Å². The van der Waals surface area contributed by atoms with Crippen LogP contribution in [0, 0.1) is 11.3 Å². The lowest BCUT2D eigenvalue weighted by Crippen LogP contribution is -2.49. The molecule has 7 heteroatoms. The number of carbonyl (C=O) groups is 1. The molecular weight excluding hydrogens is 370 g/mol. The van der Waals surface area contributed by atoms with Gasteiger partial charge in [0, 0.05) is 44.4 Å². The molecule has 4 heterocycles. The molecule has 0 atom stereocenters. The number of thioether (sulfide) groups is 1. The first-order valence-electron chi connectivity index (χ1n) is 9.62. The van der Waals surface area contributed by atoms with Gasteiger partial charge in [-0.25, -0.2) is 4.98 Å². The SMILES string of the molecule is CC(=O)N1CCN(c2c3c(c(C#N)c4nc5ccccc5n24)CCSC3)CC1. The van der Waals surface area contributed by atoms with Gasteiger partial charge < -0.3 is 9.80 Å². The quantitative estimate of drug-likeness (QED) is 0.638. The van der Waals surface area contributed by atoms with Crippen molar-refractivity contribution in [3.63, 3.8) is 0 Å². The molecule has 142 valence electrons. The first-order chi connectivity index (χ1) is 13.7. The molecule has 0 spiro atoms. The molecule has 0 bridgehead atoms. The van der Waals surface area contributed by atoms with Gasteiger partial charge in [-0.1, -0.05) is 12.1 Å². The number of para-hydroxylation sites is 2. The van der Waals surface area contributed by atoms with Crippen LogP contribution in [0.15, 0.2) is 24.3 Å². The Bertz CT molecular complexity index is 1140. The number of benzene rings is 1. The van der Waals surface area contributed by atoms with Gasteiger partial charge in [0.2, 0.25) is 5.91 Å². The Morgan fingerprint density at radius 1 is 1.18 bits per heavy atom. The van der Waals surface area contributed by atoms with Crippen molar-refractivity contribution in [2.24, 2.45) is 0 Å². The van der Waals surface area contributed by atoms with E-state index in [2.05, 4.69) is 21.4 Å². The Kier molecular flexibility index (Phi) is 4.17. The second-order valence-corrected chi connectivity index (χ2v) is 8.43. The molecule has 0 radical (unpaired) electrons. The van der Waals surface area contributed by atoms with Crippen LogP contribution in [0.2, 0.25) is 0 Å². The van der Waals surface area contributed by atoms with Gasteiger partial charge >= 0.3 is 0 Å². The van der Waals surface area contributed by atoms with E-state index in [1.165, 1.54) is 5.56 Å². The van der Waals surface area contributed by atoms with E-state index in [1.807, 2.05) is 34.9 Å². The topological polar surface area (TPSA) is 64.6 Å². The molecule has 1 saturated heterocycles. The van der Waals surface area contributed by atoms with Crippen LogP contribution in [0.1, 0.15) is 23.6 Å². The second kappa shape index (κ2) is 6.71. The number of amides is 1. The lowest BCUT2D eigenvalue weighted by atomic mass is 10.0. The van der Waals surface area contributed by atoms with Gasteiger partial charge in [-0.2, -0.15) is 17.0 Å². The molecule has 0 N–H and O–H groups in total. The van der Waals surface area contributed by atoms with Gasteiger partial charge in [0.15, 0.2) is 5.65 Å². The number of imidazole rings is 1. The number of hydrogen-bond donors (Lipinski definition) is 0. The molecular formula is C21H21N5OS. The summed E-state index contributed by atoms with van der Waals surface area (Å²) in [5.41, 5.74) is 5.86. The highest BCUT2D eigenvalue weighted by atomic mass is 32.2. The third-order valence-corrected chi connectivity index (χ3v) is 6.80. The zero-order chi connectivity index (χ0) is 19.3. The van der Waals surface area contributed by atoms with Gasteiger partial charge in [-0.3, -0.25) is 9.20 Å². The van der Waals surface area contributed by atoms with Crippen LogP contribution in [-0.4, -0.2) is 52.1 Å². The fourth-order valence-electron chi connectivity index (χ4n) is 4.42. The highest BCUT2D eigenvalue weighted by molar-refractivity contribution is 7.98. The van der Waals surface area contributed by atoms with Gasteiger partial charge in [0.05, 0.1) is 16.6 Å². The molecule has 2 aliphatic rings. The summed E-state index contributed by atoms with van der Waals surface area (Å²) in [6, 6.07) is 10.5. The van der Waals surface area contributed by atoms with Crippen molar-refractivity contribution in [1.82, 2.24) is 14.3 Å². The van der Waals surface area contributed by atoms with E-state index in [0.29, 0.717) is 0 Å². The Hall–Kier alpha value is -2.72. The van der Waals surface area contributed by atoms with Crippen LogP contribution >= 0.6 is 11.8 Å². The van der Waals surface area contributed by atoms with E-state index in [4.69, 9.17) is 4.98 Å². The number of hydrogen-bond acceptors (Lipinski definition) is 5. The van der Waals surface area contributed by atoms with Crippen molar-refractivity contribution in [2.75, 3.05) is 36.8 Å². The fourth-order valence-corrected chi connectivity index (χ4v) is 5.42. The predicted octanol–water partition coefficient (Wildman–Crippen LogP) is 2.82. The minimum absolute atomic E-state index is 0.135. The van der Waals surface area contributed by atoms with Crippen molar-refractivity contribution in [1.29, 1.82) is 5.26 Å². The van der Waals surface area contributed by atoms with Crippen LogP contribution in [0.3, 0.4) is 0 Å². The lowest BCUT2D eigenvalue weighted by molar-refractivity contribution is -0.129. The van der Waals surface area contributed by atoms with Crippen molar-refractivity contribution in [3.8, 4) is 6.07 Å². The molecule has 28 heavy (non-hydrogen) atoms. The van der Waals surface area contributed by atoms with E-state index < -0.39 is 0 Å². The normalized spacial score (nSPS) is 17.0. The van der Waals surface area contributed by atoms with Gasteiger partial charge in [-0.15, -0.1) is 0 Å². The van der Waals surface area contributed by atoms with Crippen molar-refractivity contribution >= 4 is 40.2 Å². The Morgan fingerprint density at radius 2 is 1.96 bits per heavy atom. The Balaban J connectivity index is 1.78. The minimum Gasteiger partial charge on any atom is -0.354 e. The molecule has 0 saturated carbocycles. The smallest absolute Gasteiger partial charge is 0.219 e. The molecule has 0 unspecified atom stereocenters. The van der Waals surface area contributed by atoms with E-state index >= 15 is 0 Å². The Labute approximate surface area is 167 Å². The zero-order valence-corrected chi connectivity index (χ0v) is 16.6. The summed E-state index contributed by atoms with van der Waals surface area (Å²) in [7, 11) is 0. The number of nitrogens with zero attached hydrogens (tertiary/aromatic N) is 5. The van der Waals surface area contributed by atoms with Crippen LogP contribution in [-0.2, 0) is 17.0 Å². The van der Waals surface area contributed by atoms with Gasteiger partial charge in [-0.05, 0) is 29.9 Å². The van der Waals surface area contributed by atoms with E-state index in [0.717, 1.165) is 77.7 Å². The van der Waals surface area contributed by atoms with Crippen molar-refractivity contribution in [2.45, 2.75) is 19.1 Å². The fraction of sp³-hybridized carbons (Fsp3) is 0.381. The highest BCUT2D eigenvalue weighted by Gasteiger charge is 2.29. The summed E-state index contributed by atoms with van der Waals surface area (Å²) in [6.45, 7) is 4.68. The first-order valence-corrected chi connectivity index (χ1v) is 10.8. The van der Waals surface area contributed by atoms with Gasteiger partial charge in [0.1, 0.15) is 11.9 Å². The maximum atomic E-state index is 11.8. The molecule has 2 aromatic heterocycles. The number of anilines is 1. The summed E-state index contributed by atoms with van der Waals surface area (Å²) in [4.78, 5) is 20.9. The number of aromatic nitrogens is 2.